The normalized spacial score (nSPS) is 15.6. The molecule has 1 aromatic carbocycles. The lowest BCUT2D eigenvalue weighted by molar-refractivity contribution is -0.137. The van der Waals surface area contributed by atoms with Gasteiger partial charge in [0, 0.05) is 6.42 Å². The van der Waals surface area contributed by atoms with Crippen molar-refractivity contribution in [2.45, 2.75) is 12.8 Å². The summed E-state index contributed by atoms with van der Waals surface area (Å²) in [4.78, 5) is 22.6. The van der Waals surface area contributed by atoms with E-state index in [-0.39, 0.29) is 18.9 Å². The molecule has 0 radical (unpaired) electrons. The van der Waals surface area contributed by atoms with Gasteiger partial charge in [-0.1, -0.05) is 30.0 Å². The van der Waals surface area contributed by atoms with E-state index in [1.807, 2.05) is 0 Å². The molecule has 1 aromatic rings. The van der Waals surface area contributed by atoms with Gasteiger partial charge in [0.05, 0.1) is 18.6 Å². The van der Waals surface area contributed by atoms with E-state index in [0.717, 1.165) is 5.56 Å². The summed E-state index contributed by atoms with van der Waals surface area (Å²) in [6.45, 7) is 0.287. The van der Waals surface area contributed by atoms with Crippen LogP contribution in [0.3, 0.4) is 0 Å². The number of hydrogen-bond acceptors (Lipinski definition) is 6. The van der Waals surface area contributed by atoms with Gasteiger partial charge in [0.1, 0.15) is 4.32 Å². The maximum atomic E-state index is 11.6. The van der Waals surface area contributed by atoms with Crippen LogP contribution >= 0.6 is 24.0 Å². The van der Waals surface area contributed by atoms with Crippen LogP contribution in [0, 0.1) is 0 Å². The smallest absolute Gasteiger partial charge is 0.303 e. The molecule has 0 atom stereocenters. The maximum absolute atomic E-state index is 11.6. The molecule has 0 bridgehead atoms. The van der Waals surface area contributed by atoms with Crippen molar-refractivity contribution in [1.29, 1.82) is 0 Å². The lowest BCUT2D eigenvalue weighted by Gasteiger charge is -2.11. The molecule has 0 spiro atoms. The predicted octanol–water partition coefficient (Wildman–Crippen LogP) is 2.43. The molecule has 2 rings (SSSR count). The minimum atomic E-state index is -0.854. The van der Waals surface area contributed by atoms with Gasteiger partial charge in [0.25, 0.3) is 5.91 Å². The third-order valence-electron chi connectivity index (χ3n) is 2.92. The monoisotopic (exact) mass is 353 g/mol. The Kier molecular flexibility index (Phi) is 6.00. The zero-order valence-corrected chi connectivity index (χ0v) is 14.0. The fraction of sp³-hybridized carbons (Fsp3) is 0.267. The second kappa shape index (κ2) is 7.98. The van der Waals surface area contributed by atoms with Crippen molar-refractivity contribution in [3.8, 4) is 11.5 Å². The number of carbonyl (C=O) groups is 2. The van der Waals surface area contributed by atoms with Crippen molar-refractivity contribution < 1.29 is 24.2 Å². The Labute approximate surface area is 142 Å². The maximum Gasteiger partial charge on any atom is 0.303 e. The average Bonchev–Trinajstić information content (AvgIpc) is 2.82. The molecular formula is C15H15NO5S2. The lowest BCUT2D eigenvalue weighted by Crippen LogP contribution is -2.17. The first-order valence-electron chi connectivity index (χ1n) is 6.77. The molecule has 1 aliphatic heterocycles. The van der Waals surface area contributed by atoms with E-state index in [2.05, 4.69) is 5.32 Å². The van der Waals surface area contributed by atoms with Gasteiger partial charge in [-0.25, -0.2) is 0 Å². The minimum Gasteiger partial charge on any atom is -0.493 e. The number of ether oxygens (including phenoxy) is 2. The topological polar surface area (TPSA) is 84.9 Å². The number of methoxy groups -OCH3 is 1. The van der Waals surface area contributed by atoms with Gasteiger partial charge in [-0.05, 0) is 30.2 Å². The van der Waals surface area contributed by atoms with E-state index in [4.69, 9.17) is 26.8 Å². The molecule has 1 saturated heterocycles. The highest BCUT2D eigenvalue weighted by molar-refractivity contribution is 8.26. The van der Waals surface area contributed by atoms with Crippen molar-refractivity contribution in [3.63, 3.8) is 0 Å². The zero-order chi connectivity index (χ0) is 16.8. The molecule has 1 fully saturated rings. The van der Waals surface area contributed by atoms with E-state index in [9.17, 15) is 9.59 Å². The van der Waals surface area contributed by atoms with Crippen LogP contribution in [0.1, 0.15) is 18.4 Å². The molecule has 0 unspecified atom stereocenters. The number of carboxylic acids is 1. The van der Waals surface area contributed by atoms with Crippen LogP contribution in [0.5, 0.6) is 11.5 Å². The summed E-state index contributed by atoms with van der Waals surface area (Å²) in [6.07, 6.45) is 2.19. The third-order valence-corrected chi connectivity index (χ3v) is 4.08. The number of carbonyl (C=O) groups excluding carboxylic acids is 1. The Hall–Kier alpha value is -2.06. The Morgan fingerprint density at radius 3 is 2.83 bits per heavy atom. The summed E-state index contributed by atoms with van der Waals surface area (Å²) in [6, 6.07) is 5.26. The van der Waals surface area contributed by atoms with Crippen LogP contribution in [0.2, 0.25) is 0 Å². The Morgan fingerprint density at radius 2 is 2.22 bits per heavy atom. The number of thiocarbonyl (C=S) groups is 1. The molecule has 8 heteroatoms. The van der Waals surface area contributed by atoms with E-state index >= 15 is 0 Å². The molecule has 0 aromatic heterocycles. The average molecular weight is 353 g/mol. The van der Waals surface area contributed by atoms with Crippen LogP contribution in [0.4, 0.5) is 0 Å². The van der Waals surface area contributed by atoms with E-state index in [0.29, 0.717) is 27.1 Å². The van der Waals surface area contributed by atoms with Crippen molar-refractivity contribution in [1.82, 2.24) is 5.32 Å². The number of thioether (sulfide) groups is 1. The number of nitrogens with one attached hydrogen (secondary N) is 1. The molecule has 1 aliphatic rings. The van der Waals surface area contributed by atoms with Gasteiger partial charge in [-0.2, -0.15) is 0 Å². The second-order valence-electron chi connectivity index (χ2n) is 4.61. The van der Waals surface area contributed by atoms with E-state index < -0.39 is 5.97 Å². The van der Waals surface area contributed by atoms with Crippen LogP contribution < -0.4 is 14.8 Å². The largest absolute Gasteiger partial charge is 0.493 e. The summed E-state index contributed by atoms with van der Waals surface area (Å²) < 4.78 is 11.2. The Balaban J connectivity index is 2.07. The first kappa shape index (κ1) is 17.3. The number of amides is 1. The Bertz CT molecular complexity index is 672. The number of benzene rings is 1. The number of rotatable bonds is 7. The SMILES string of the molecule is COc1cc(/C=C2\SC(=S)NC2=O)ccc1OCCCC(=O)O. The molecule has 6 nitrogen and oxygen atoms in total. The standard InChI is InChI=1S/C15H15NO5S2/c1-20-11-7-9(8-12-14(19)16-15(22)23-12)4-5-10(11)21-6-2-3-13(17)18/h4-5,7-8H,2-3,6H2,1H3,(H,17,18)(H,16,19,22)/b12-8-. The van der Waals surface area contributed by atoms with Gasteiger partial charge in [-0.15, -0.1) is 0 Å². The molecule has 0 saturated carbocycles. The first-order valence-corrected chi connectivity index (χ1v) is 7.99. The third kappa shape index (κ3) is 4.97. The van der Waals surface area contributed by atoms with Crippen LogP contribution in [0.15, 0.2) is 23.1 Å². The van der Waals surface area contributed by atoms with Gasteiger partial charge in [0.2, 0.25) is 0 Å². The highest BCUT2D eigenvalue weighted by atomic mass is 32.2. The Morgan fingerprint density at radius 1 is 1.43 bits per heavy atom. The van der Waals surface area contributed by atoms with E-state index in [1.165, 1.54) is 18.9 Å². The molecule has 1 amide bonds. The quantitative estimate of drug-likeness (QED) is 0.442. The fourth-order valence-corrected chi connectivity index (χ4v) is 2.92. The van der Waals surface area contributed by atoms with Crippen LogP contribution in [-0.2, 0) is 9.59 Å². The van der Waals surface area contributed by atoms with E-state index in [1.54, 1.807) is 24.3 Å². The van der Waals surface area contributed by atoms with Crippen molar-refractivity contribution >= 4 is 46.3 Å². The number of aliphatic carboxylic acids is 1. The minimum absolute atomic E-state index is 0.0543. The highest BCUT2D eigenvalue weighted by Gasteiger charge is 2.22. The summed E-state index contributed by atoms with van der Waals surface area (Å²) in [5, 5.41) is 11.1. The van der Waals surface area contributed by atoms with Crippen LogP contribution in [0.25, 0.3) is 6.08 Å². The van der Waals surface area contributed by atoms with Gasteiger partial charge in [0.15, 0.2) is 11.5 Å². The highest BCUT2D eigenvalue weighted by Crippen LogP contribution is 2.31. The summed E-state index contributed by atoms with van der Waals surface area (Å²) in [7, 11) is 1.52. The second-order valence-corrected chi connectivity index (χ2v) is 6.33. The lowest BCUT2D eigenvalue weighted by atomic mass is 10.2. The van der Waals surface area contributed by atoms with Crippen molar-refractivity contribution in [2.75, 3.05) is 13.7 Å². The molecule has 2 N–H and O–H groups in total. The first-order chi connectivity index (χ1) is 11.0. The fourth-order valence-electron chi connectivity index (χ4n) is 1.87. The molecular weight excluding hydrogens is 338 g/mol. The number of carboxylic acid groups (broad SMARTS) is 1. The van der Waals surface area contributed by atoms with Gasteiger partial charge in [-0.3, -0.25) is 9.59 Å². The van der Waals surface area contributed by atoms with Crippen molar-refractivity contribution in [2.24, 2.45) is 0 Å². The molecule has 23 heavy (non-hydrogen) atoms. The van der Waals surface area contributed by atoms with Gasteiger partial charge >= 0.3 is 5.97 Å². The van der Waals surface area contributed by atoms with Crippen molar-refractivity contribution in [3.05, 3.63) is 28.7 Å². The molecule has 122 valence electrons. The predicted molar refractivity (Wildman–Crippen MR) is 91.7 cm³/mol. The summed E-state index contributed by atoms with van der Waals surface area (Å²) >= 11 is 6.15. The van der Waals surface area contributed by atoms with Crippen LogP contribution in [-0.4, -0.2) is 35.0 Å². The van der Waals surface area contributed by atoms with Gasteiger partial charge < -0.3 is 19.9 Å². The number of hydrogen-bond donors (Lipinski definition) is 2. The molecule has 0 aliphatic carbocycles. The summed E-state index contributed by atoms with van der Waals surface area (Å²) in [5.41, 5.74) is 0.780. The zero-order valence-electron chi connectivity index (χ0n) is 12.3. The summed E-state index contributed by atoms with van der Waals surface area (Å²) in [5.74, 6) is -0.0273. The molecule has 1 heterocycles.